The van der Waals surface area contributed by atoms with Crippen molar-refractivity contribution in [1.29, 1.82) is 0 Å². The van der Waals surface area contributed by atoms with Crippen molar-refractivity contribution >= 4 is 34.2 Å². The Balaban J connectivity index is 2.15. The van der Waals surface area contributed by atoms with Gasteiger partial charge in [0.05, 0.1) is 10.6 Å². The van der Waals surface area contributed by atoms with E-state index in [1.165, 1.54) is 6.07 Å². The SMILES string of the molecule is CC1(C)CCSC(Nc2ccc(Cl)c(F)c2)=N1. The zero-order valence-corrected chi connectivity index (χ0v) is 11.3. The second-order valence-electron chi connectivity index (χ2n) is 4.58. The number of thioether (sulfide) groups is 1. The second-order valence-corrected chi connectivity index (χ2v) is 6.07. The molecule has 17 heavy (non-hydrogen) atoms. The smallest absolute Gasteiger partial charge is 0.161 e. The quantitative estimate of drug-likeness (QED) is 0.830. The fourth-order valence-electron chi connectivity index (χ4n) is 1.52. The Labute approximate surface area is 110 Å². The molecule has 0 unspecified atom stereocenters. The number of hydrogen-bond donors (Lipinski definition) is 1. The Hall–Kier alpha value is -0.740. The van der Waals surface area contributed by atoms with E-state index in [0.29, 0.717) is 5.69 Å². The number of nitrogens with one attached hydrogen (secondary N) is 1. The minimum atomic E-state index is -0.419. The molecular weight excluding hydrogens is 259 g/mol. The molecule has 2 rings (SSSR count). The van der Waals surface area contributed by atoms with Gasteiger partial charge in [0.2, 0.25) is 0 Å². The Morgan fingerprint density at radius 3 is 2.88 bits per heavy atom. The van der Waals surface area contributed by atoms with Crippen molar-refractivity contribution in [3.63, 3.8) is 0 Å². The molecule has 5 heteroatoms. The minimum absolute atomic E-state index is 0.0431. The lowest BCUT2D eigenvalue weighted by Crippen LogP contribution is -2.27. The molecule has 0 atom stereocenters. The maximum Gasteiger partial charge on any atom is 0.161 e. The summed E-state index contributed by atoms with van der Waals surface area (Å²) < 4.78 is 13.3. The number of amidine groups is 1. The van der Waals surface area contributed by atoms with Crippen LogP contribution < -0.4 is 5.32 Å². The molecule has 1 N–H and O–H groups in total. The maximum atomic E-state index is 13.3. The van der Waals surface area contributed by atoms with Gasteiger partial charge in [-0.05, 0) is 38.5 Å². The molecule has 0 spiro atoms. The van der Waals surface area contributed by atoms with Crippen LogP contribution in [0.2, 0.25) is 5.02 Å². The van der Waals surface area contributed by atoms with Gasteiger partial charge in [-0.3, -0.25) is 4.99 Å². The predicted octanol–water partition coefficient (Wildman–Crippen LogP) is 4.16. The first-order valence-electron chi connectivity index (χ1n) is 5.41. The third kappa shape index (κ3) is 3.36. The molecule has 0 fully saturated rings. The third-order valence-corrected chi connectivity index (χ3v) is 3.71. The van der Waals surface area contributed by atoms with E-state index in [0.717, 1.165) is 17.3 Å². The van der Waals surface area contributed by atoms with Gasteiger partial charge in [-0.2, -0.15) is 0 Å². The van der Waals surface area contributed by atoms with Crippen LogP contribution in [-0.4, -0.2) is 16.5 Å². The molecule has 0 bridgehead atoms. The molecule has 0 saturated heterocycles. The van der Waals surface area contributed by atoms with Crippen LogP contribution in [0.15, 0.2) is 23.2 Å². The summed E-state index contributed by atoms with van der Waals surface area (Å²) in [7, 11) is 0. The van der Waals surface area contributed by atoms with E-state index < -0.39 is 5.82 Å². The summed E-state index contributed by atoms with van der Waals surface area (Å²) >= 11 is 7.28. The van der Waals surface area contributed by atoms with Crippen LogP contribution in [0.4, 0.5) is 10.1 Å². The number of hydrogen-bond acceptors (Lipinski definition) is 3. The van der Waals surface area contributed by atoms with Crippen molar-refractivity contribution in [3.8, 4) is 0 Å². The van der Waals surface area contributed by atoms with Crippen molar-refractivity contribution in [2.24, 2.45) is 4.99 Å². The van der Waals surface area contributed by atoms with Gasteiger partial charge in [-0.25, -0.2) is 4.39 Å². The summed E-state index contributed by atoms with van der Waals surface area (Å²) in [5.41, 5.74) is 0.634. The highest BCUT2D eigenvalue weighted by molar-refractivity contribution is 8.14. The van der Waals surface area contributed by atoms with Crippen LogP contribution >= 0.6 is 23.4 Å². The monoisotopic (exact) mass is 272 g/mol. The van der Waals surface area contributed by atoms with E-state index in [-0.39, 0.29) is 10.6 Å². The normalized spacial score (nSPS) is 18.7. The summed E-state index contributed by atoms with van der Waals surface area (Å²) in [6.45, 7) is 4.19. The first-order chi connectivity index (χ1) is 7.96. The van der Waals surface area contributed by atoms with Crippen LogP contribution in [-0.2, 0) is 0 Å². The van der Waals surface area contributed by atoms with Crippen molar-refractivity contribution < 1.29 is 4.39 Å². The average Bonchev–Trinajstić information content (AvgIpc) is 2.22. The van der Waals surface area contributed by atoms with Crippen LogP contribution in [0.1, 0.15) is 20.3 Å². The highest BCUT2D eigenvalue weighted by Gasteiger charge is 2.22. The molecule has 0 amide bonds. The molecule has 1 aliphatic heterocycles. The van der Waals surface area contributed by atoms with Crippen molar-refractivity contribution in [2.45, 2.75) is 25.8 Å². The average molecular weight is 273 g/mol. The molecule has 0 aliphatic carbocycles. The number of benzene rings is 1. The van der Waals surface area contributed by atoms with E-state index >= 15 is 0 Å². The van der Waals surface area contributed by atoms with Crippen LogP contribution in [0, 0.1) is 5.82 Å². The van der Waals surface area contributed by atoms with Gasteiger partial charge in [0, 0.05) is 11.4 Å². The van der Waals surface area contributed by atoms with E-state index in [1.807, 2.05) is 0 Å². The summed E-state index contributed by atoms with van der Waals surface area (Å²) in [4.78, 5) is 4.57. The Morgan fingerprint density at radius 2 is 2.24 bits per heavy atom. The third-order valence-electron chi connectivity index (χ3n) is 2.53. The zero-order valence-electron chi connectivity index (χ0n) is 9.76. The lowest BCUT2D eigenvalue weighted by molar-refractivity contribution is 0.507. The zero-order chi connectivity index (χ0) is 12.5. The van der Waals surface area contributed by atoms with Gasteiger partial charge < -0.3 is 5.32 Å². The van der Waals surface area contributed by atoms with Gasteiger partial charge in [-0.15, -0.1) is 0 Å². The summed E-state index contributed by atoms with van der Waals surface area (Å²) in [6.07, 6.45) is 1.05. The van der Waals surface area contributed by atoms with E-state index in [4.69, 9.17) is 11.6 Å². The molecule has 0 radical (unpaired) electrons. The van der Waals surface area contributed by atoms with E-state index in [9.17, 15) is 4.39 Å². The maximum absolute atomic E-state index is 13.3. The van der Waals surface area contributed by atoms with Crippen LogP contribution in [0.3, 0.4) is 0 Å². The Morgan fingerprint density at radius 1 is 1.47 bits per heavy atom. The standard InChI is InChI=1S/C12H14ClFN2S/c1-12(2)5-6-17-11(16-12)15-8-3-4-9(13)10(14)7-8/h3-4,7H,5-6H2,1-2H3,(H,15,16). The first-order valence-corrected chi connectivity index (χ1v) is 6.77. The Bertz CT molecular complexity index is 460. The Kier molecular flexibility index (Phi) is 3.64. The minimum Gasteiger partial charge on any atom is -0.335 e. The van der Waals surface area contributed by atoms with Crippen molar-refractivity contribution in [2.75, 3.05) is 11.1 Å². The van der Waals surface area contributed by atoms with E-state index in [2.05, 4.69) is 24.2 Å². The summed E-state index contributed by atoms with van der Waals surface area (Å²) in [6, 6.07) is 4.67. The van der Waals surface area contributed by atoms with Crippen molar-refractivity contribution in [3.05, 3.63) is 29.0 Å². The summed E-state index contributed by atoms with van der Waals surface area (Å²) in [5.74, 6) is 0.604. The first kappa shape index (κ1) is 12.7. The molecule has 0 aromatic heterocycles. The van der Waals surface area contributed by atoms with Gasteiger partial charge in [0.25, 0.3) is 0 Å². The number of halogens is 2. The molecule has 1 aliphatic rings. The topological polar surface area (TPSA) is 24.4 Å². The highest BCUT2D eigenvalue weighted by atomic mass is 35.5. The number of nitrogens with zero attached hydrogens (tertiary/aromatic N) is 1. The molecule has 1 heterocycles. The van der Waals surface area contributed by atoms with Crippen LogP contribution in [0.5, 0.6) is 0 Å². The molecule has 0 saturated carbocycles. The molecule has 2 nitrogen and oxygen atoms in total. The molecular formula is C12H14ClFN2S. The lowest BCUT2D eigenvalue weighted by atomic mass is 10.0. The lowest BCUT2D eigenvalue weighted by Gasteiger charge is -2.26. The fourth-order valence-corrected chi connectivity index (χ4v) is 2.94. The molecule has 1 aromatic carbocycles. The number of anilines is 1. The fraction of sp³-hybridized carbons (Fsp3) is 0.417. The van der Waals surface area contributed by atoms with E-state index in [1.54, 1.807) is 23.9 Å². The second kappa shape index (κ2) is 4.86. The highest BCUT2D eigenvalue weighted by Crippen LogP contribution is 2.27. The van der Waals surface area contributed by atoms with Crippen LogP contribution in [0.25, 0.3) is 0 Å². The van der Waals surface area contributed by atoms with Gasteiger partial charge in [0.15, 0.2) is 5.17 Å². The molecule has 1 aromatic rings. The van der Waals surface area contributed by atoms with Gasteiger partial charge in [-0.1, -0.05) is 23.4 Å². The van der Waals surface area contributed by atoms with Gasteiger partial charge >= 0.3 is 0 Å². The largest absolute Gasteiger partial charge is 0.335 e. The predicted molar refractivity (Wildman–Crippen MR) is 73.6 cm³/mol. The molecule has 92 valence electrons. The van der Waals surface area contributed by atoms with Gasteiger partial charge in [0.1, 0.15) is 5.82 Å². The summed E-state index contributed by atoms with van der Waals surface area (Å²) in [5, 5.41) is 4.09. The van der Waals surface area contributed by atoms with Crippen molar-refractivity contribution in [1.82, 2.24) is 0 Å². The number of aliphatic imine (C=N–C) groups is 1. The number of rotatable bonds is 1.